The van der Waals surface area contributed by atoms with E-state index in [0.29, 0.717) is 11.4 Å². The van der Waals surface area contributed by atoms with Gasteiger partial charge in [-0.25, -0.2) is 9.18 Å². The third kappa shape index (κ3) is 2.71. The van der Waals surface area contributed by atoms with E-state index >= 15 is 0 Å². The maximum Gasteiger partial charge on any atom is 0.416 e. The third-order valence-corrected chi connectivity index (χ3v) is 4.04. The van der Waals surface area contributed by atoms with Crippen LogP contribution in [-0.2, 0) is 14.3 Å². The van der Waals surface area contributed by atoms with Gasteiger partial charge in [-0.1, -0.05) is 0 Å². The quantitative estimate of drug-likeness (QED) is 0.830. The van der Waals surface area contributed by atoms with Crippen LogP contribution in [0.3, 0.4) is 0 Å². The van der Waals surface area contributed by atoms with Crippen LogP contribution in [0.1, 0.15) is 6.92 Å². The lowest BCUT2D eigenvalue weighted by Crippen LogP contribution is -2.47. The Kier molecular flexibility index (Phi) is 3.67. The number of carbonyl (C=O) groups excluding carboxylic acids is 3. The van der Waals surface area contributed by atoms with Crippen molar-refractivity contribution in [2.75, 3.05) is 36.5 Å². The molecule has 1 unspecified atom stereocenters. The molecule has 2 aliphatic rings. The highest BCUT2D eigenvalue weighted by molar-refractivity contribution is 5.96. The molecule has 2 aliphatic heterocycles. The molecule has 0 aromatic heterocycles. The summed E-state index contributed by atoms with van der Waals surface area (Å²) in [5, 5.41) is 0. The number of cyclic esters (lactones) is 1. The number of Topliss-reactive ketones (excluding diaryl/α,β-unsaturated/α-hetero) is 1. The molecule has 3 rings (SSSR count). The molecule has 1 aromatic rings. The second-order valence-corrected chi connectivity index (χ2v) is 5.61. The number of ketones is 1. The number of amides is 2. The summed E-state index contributed by atoms with van der Waals surface area (Å²) in [7, 11) is 1.54. The molecular weight excluding hydrogens is 305 g/mol. The Bertz CT molecular complexity index is 685. The van der Waals surface area contributed by atoms with E-state index in [-0.39, 0.29) is 31.3 Å². The number of rotatable bonds is 3. The average Bonchev–Trinajstić information content (AvgIpc) is 2.85. The van der Waals surface area contributed by atoms with Crippen LogP contribution >= 0.6 is 0 Å². The number of likely N-dealkylation sites (N-methyl/N-ethyl adjacent to an activating group) is 1. The van der Waals surface area contributed by atoms with Crippen LogP contribution < -0.4 is 9.80 Å². The molecule has 0 saturated carbocycles. The minimum atomic E-state index is -0.698. The summed E-state index contributed by atoms with van der Waals surface area (Å²) >= 11 is 0. The van der Waals surface area contributed by atoms with Gasteiger partial charge in [-0.05, 0) is 18.2 Å². The number of ether oxygens (including phenoxy) is 1. The van der Waals surface area contributed by atoms with E-state index in [1.807, 2.05) is 0 Å². The fourth-order valence-electron chi connectivity index (χ4n) is 2.53. The van der Waals surface area contributed by atoms with E-state index in [2.05, 4.69) is 0 Å². The topological polar surface area (TPSA) is 70.2 Å². The number of hydrogen-bond donors (Lipinski definition) is 0. The van der Waals surface area contributed by atoms with Gasteiger partial charge >= 0.3 is 6.09 Å². The number of benzene rings is 1. The number of anilines is 2. The van der Waals surface area contributed by atoms with E-state index in [1.54, 1.807) is 11.0 Å². The van der Waals surface area contributed by atoms with Gasteiger partial charge in [0.05, 0.1) is 31.0 Å². The lowest BCUT2D eigenvalue weighted by molar-refractivity contribution is -0.134. The van der Waals surface area contributed by atoms with Crippen molar-refractivity contribution in [2.24, 2.45) is 0 Å². The maximum absolute atomic E-state index is 14.2. The van der Waals surface area contributed by atoms with Crippen molar-refractivity contribution in [2.45, 2.75) is 13.2 Å². The van der Waals surface area contributed by atoms with Gasteiger partial charge in [-0.15, -0.1) is 0 Å². The van der Waals surface area contributed by atoms with Crippen LogP contribution in [-0.4, -0.2) is 55.6 Å². The molecule has 1 atom stereocenters. The largest absolute Gasteiger partial charge is 0.423 e. The molecule has 0 spiro atoms. The molecule has 0 radical (unpaired) electrons. The van der Waals surface area contributed by atoms with Gasteiger partial charge in [0, 0.05) is 14.0 Å². The summed E-state index contributed by atoms with van der Waals surface area (Å²) in [6.07, 6.45) is -1.33. The molecule has 23 heavy (non-hydrogen) atoms. The van der Waals surface area contributed by atoms with Gasteiger partial charge < -0.3 is 14.5 Å². The molecular formula is C15H16FN3O4. The Morgan fingerprint density at radius 2 is 2.04 bits per heavy atom. The summed E-state index contributed by atoms with van der Waals surface area (Å²) < 4.78 is 19.3. The maximum atomic E-state index is 14.2. The fourth-order valence-corrected chi connectivity index (χ4v) is 2.53. The third-order valence-electron chi connectivity index (χ3n) is 4.04. The minimum Gasteiger partial charge on any atom is -0.423 e. The van der Waals surface area contributed by atoms with Gasteiger partial charge in [0.2, 0.25) is 5.91 Å². The van der Waals surface area contributed by atoms with E-state index < -0.39 is 18.1 Å². The van der Waals surface area contributed by atoms with Crippen LogP contribution in [0, 0.1) is 5.82 Å². The zero-order valence-electron chi connectivity index (χ0n) is 12.8. The van der Waals surface area contributed by atoms with Crippen molar-refractivity contribution in [1.29, 1.82) is 0 Å². The summed E-state index contributed by atoms with van der Waals surface area (Å²) in [5.41, 5.74) is 0.681. The number of halogens is 1. The van der Waals surface area contributed by atoms with E-state index in [1.165, 1.54) is 35.9 Å². The molecule has 8 heteroatoms. The van der Waals surface area contributed by atoms with Crippen molar-refractivity contribution in [3.05, 3.63) is 24.0 Å². The zero-order valence-corrected chi connectivity index (χ0v) is 12.8. The second kappa shape index (κ2) is 5.53. The smallest absolute Gasteiger partial charge is 0.416 e. The monoisotopic (exact) mass is 321 g/mol. The molecule has 2 fully saturated rings. The minimum absolute atomic E-state index is 0.0618. The molecule has 1 aromatic carbocycles. The first kappa shape index (κ1) is 15.3. The van der Waals surface area contributed by atoms with E-state index in [9.17, 15) is 18.8 Å². The molecule has 2 amide bonds. The Hall–Kier alpha value is -2.64. The van der Waals surface area contributed by atoms with Gasteiger partial charge in [0.25, 0.3) is 0 Å². The predicted octanol–water partition coefficient (Wildman–Crippen LogP) is 0.976. The zero-order chi connectivity index (χ0) is 16.7. The first-order valence-electron chi connectivity index (χ1n) is 7.14. The first-order valence-corrected chi connectivity index (χ1v) is 7.14. The van der Waals surface area contributed by atoms with Crippen LogP contribution in [0.4, 0.5) is 20.6 Å². The Morgan fingerprint density at radius 1 is 1.35 bits per heavy atom. The SMILES string of the molecule is CC(=O)N(C)C1CN(c2ccc(N3CC(=O)C3)c(F)c2)C(=O)O1. The van der Waals surface area contributed by atoms with Gasteiger partial charge in [-0.3, -0.25) is 14.5 Å². The normalized spacial score (nSPS) is 20.4. The summed E-state index contributed by atoms with van der Waals surface area (Å²) in [5.74, 6) is -0.675. The van der Waals surface area contributed by atoms with Crippen molar-refractivity contribution in [1.82, 2.24) is 4.90 Å². The molecule has 0 N–H and O–H groups in total. The van der Waals surface area contributed by atoms with Crippen LogP contribution in [0.2, 0.25) is 0 Å². The van der Waals surface area contributed by atoms with Gasteiger partial charge in [-0.2, -0.15) is 0 Å². The van der Waals surface area contributed by atoms with Gasteiger partial charge in [0.1, 0.15) is 5.82 Å². The van der Waals surface area contributed by atoms with Crippen LogP contribution in [0.25, 0.3) is 0 Å². The van der Waals surface area contributed by atoms with E-state index in [4.69, 9.17) is 4.74 Å². The highest BCUT2D eigenvalue weighted by atomic mass is 19.1. The second-order valence-electron chi connectivity index (χ2n) is 5.61. The lowest BCUT2D eigenvalue weighted by Gasteiger charge is -2.32. The van der Waals surface area contributed by atoms with Crippen LogP contribution in [0.15, 0.2) is 18.2 Å². The van der Waals surface area contributed by atoms with Gasteiger partial charge in [0.15, 0.2) is 12.0 Å². The lowest BCUT2D eigenvalue weighted by atomic mass is 10.1. The predicted molar refractivity (Wildman–Crippen MR) is 79.7 cm³/mol. The summed E-state index contributed by atoms with van der Waals surface area (Å²) in [6, 6.07) is 4.36. The summed E-state index contributed by atoms with van der Waals surface area (Å²) in [4.78, 5) is 38.5. The van der Waals surface area contributed by atoms with Crippen molar-refractivity contribution < 1.29 is 23.5 Å². The molecule has 0 bridgehead atoms. The van der Waals surface area contributed by atoms with Crippen molar-refractivity contribution in [3.8, 4) is 0 Å². The number of carbonyl (C=O) groups is 3. The van der Waals surface area contributed by atoms with Crippen molar-refractivity contribution >= 4 is 29.2 Å². The Labute approximate surface area is 132 Å². The van der Waals surface area contributed by atoms with Crippen molar-refractivity contribution in [3.63, 3.8) is 0 Å². The molecule has 122 valence electrons. The summed E-state index contributed by atoms with van der Waals surface area (Å²) in [6.45, 7) is 1.91. The molecule has 2 heterocycles. The number of nitrogens with zero attached hydrogens (tertiary/aromatic N) is 3. The number of hydrogen-bond acceptors (Lipinski definition) is 5. The highest BCUT2D eigenvalue weighted by Crippen LogP contribution is 2.29. The average molecular weight is 321 g/mol. The molecule has 2 saturated heterocycles. The molecule has 0 aliphatic carbocycles. The Balaban J connectivity index is 1.77. The highest BCUT2D eigenvalue weighted by Gasteiger charge is 2.36. The Morgan fingerprint density at radius 3 is 2.61 bits per heavy atom. The van der Waals surface area contributed by atoms with E-state index in [0.717, 1.165) is 0 Å². The first-order chi connectivity index (χ1) is 10.9. The molecule has 7 nitrogen and oxygen atoms in total. The van der Waals surface area contributed by atoms with Crippen LogP contribution in [0.5, 0.6) is 0 Å². The fraction of sp³-hybridized carbons (Fsp3) is 0.400. The standard InChI is InChI=1S/C15H16FN3O4/c1-9(20)17(2)14-8-19(15(22)23-14)10-3-4-13(12(16)5-10)18-6-11(21)7-18/h3-5,14H,6-8H2,1-2H3.